The Kier molecular flexibility index (Phi) is 8.32. The summed E-state index contributed by atoms with van der Waals surface area (Å²) < 4.78 is 0. The molecule has 1 aliphatic rings. The van der Waals surface area contributed by atoms with Gasteiger partial charge in [-0.25, -0.2) is 0 Å². The molecule has 0 amide bonds. The van der Waals surface area contributed by atoms with E-state index in [1.165, 1.54) is 33.0 Å². The van der Waals surface area contributed by atoms with E-state index >= 15 is 0 Å². The summed E-state index contributed by atoms with van der Waals surface area (Å²) in [6.07, 6.45) is 0.867. The van der Waals surface area contributed by atoms with Crippen molar-refractivity contribution in [1.82, 2.24) is 0 Å². The molecule has 0 heteroatoms. The highest BCUT2D eigenvalue weighted by atomic mass is 14.4. The van der Waals surface area contributed by atoms with Crippen LogP contribution in [0.1, 0.15) is 66.5 Å². The maximum absolute atomic E-state index is 3.31. The predicted octanol–water partition coefficient (Wildman–Crippen LogP) is 8.23. The molecule has 0 nitrogen and oxygen atoms in total. The van der Waals surface area contributed by atoms with Gasteiger partial charge in [-0.3, -0.25) is 0 Å². The largest absolute Gasteiger partial charge is 0.107 e. The van der Waals surface area contributed by atoms with E-state index in [2.05, 4.69) is 79.4 Å². The van der Waals surface area contributed by atoms with Gasteiger partial charge in [-0.05, 0) is 52.1 Å². The third kappa shape index (κ3) is 3.93. The monoisotopic (exact) mass is 358 g/mol. The highest BCUT2D eigenvalue weighted by molar-refractivity contribution is 5.93. The smallest absolute Gasteiger partial charge is 0.0296 e. The van der Waals surface area contributed by atoms with E-state index in [9.17, 15) is 0 Å². The van der Waals surface area contributed by atoms with Crippen LogP contribution in [0.5, 0.6) is 0 Å². The third-order valence-corrected chi connectivity index (χ3v) is 4.91. The summed E-state index contributed by atoms with van der Waals surface area (Å²) in [6, 6.07) is 22.1. The normalized spacial score (nSPS) is 15.5. The van der Waals surface area contributed by atoms with Crippen LogP contribution in [0.2, 0.25) is 0 Å². The Morgan fingerprint density at radius 3 is 1.93 bits per heavy atom. The Morgan fingerprint density at radius 1 is 0.741 bits per heavy atom. The highest BCUT2D eigenvalue weighted by Crippen LogP contribution is 2.51. The van der Waals surface area contributed by atoms with Gasteiger partial charge in [-0.2, -0.15) is 0 Å². The molecule has 1 unspecified atom stereocenters. The Hall–Kier alpha value is -2.52. The Bertz CT molecular complexity index is 937. The Balaban J connectivity index is 0.000000686. The third-order valence-electron chi connectivity index (χ3n) is 4.91. The van der Waals surface area contributed by atoms with Crippen molar-refractivity contribution in [3.63, 3.8) is 0 Å². The van der Waals surface area contributed by atoms with Crippen molar-refractivity contribution in [2.75, 3.05) is 0 Å². The van der Waals surface area contributed by atoms with Crippen LogP contribution in [-0.2, 0) is 5.41 Å². The fraction of sp³-hybridized carbons (Fsp3) is 0.333. The molecule has 0 heterocycles. The van der Waals surface area contributed by atoms with Crippen LogP contribution < -0.4 is 0 Å². The van der Waals surface area contributed by atoms with E-state index in [0.717, 1.165) is 6.42 Å². The maximum atomic E-state index is 3.31. The summed E-state index contributed by atoms with van der Waals surface area (Å²) in [5.41, 5.74) is 5.54. The van der Waals surface area contributed by atoms with E-state index in [0.29, 0.717) is 0 Å². The fourth-order valence-corrected chi connectivity index (χ4v) is 3.72. The summed E-state index contributed by atoms with van der Waals surface area (Å²) >= 11 is 0. The lowest BCUT2D eigenvalue weighted by molar-refractivity contribution is 0.607. The van der Waals surface area contributed by atoms with Crippen LogP contribution in [0.3, 0.4) is 0 Å². The van der Waals surface area contributed by atoms with Gasteiger partial charge in [-0.1, -0.05) is 90.6 Å². The molecule has 0 N–H and O–H groups in total. The van der Waals surface area contributed by atoms with Crippen molar-refractivity contribution >= 4 is 10.8 Å². The van der Waals surface area contributed by atoms with Gasteiger partial charge in [0.05, 0.1) is 0 Å². The van der Waals surface area contributed by atoms with Crippen molar-refractivity contribution in [3.05, 3.63) is 71.8 Å². The quantitative estimate of drug-likeness (QED) is 0.384. The Labute approximate surface area is 166 Å². The van der Waals surface area contributed by atoms with E-state index in [-0.39, 0.29) is 12.8 Å². The SMILES string of the molecule is C.CC.CC.CC#CCC1(C)c2ccccc2-c2cc3ccccc3cc21. The van der Waals surface area contributed by atoms with Gasteiger partial charge >= 0.3 is 0 Å². The van der Waals surface area contributed by atoms with Gasteiger partial charge < -0.3 is 0 Å². The second-order valence-corrected chi connectivity index (χ2v) is 6.23. The van der Waals surface area contributed by atoms with Gasteiger partial charge in [0.1, 0.15) is 0 Å². The maximum Gasteiger partial charge on any atom is 0.0296 e. The average Bonchev–Trinajstić information content (AvgIpc) is 2.97. The molecule has 0 fully saturated rings. The van der Waals surface area contributed by atoms with Crippen LogP contribution >= 0.6 is 0 Å². The Morgan fingerprint density at radius 2 is 1.30 bits per heavy atom. The number of rotatable bonds is 1. The summed E-state index contributed by atoms with van der Waals surface area (Å²) in [4.78, 5) is 0. The summed E-state index contributed by atoms with van der Waals surface area (Å²) in [7, 11) is 0. The molecule has 0 aliphatic heterocycles. The molecular weight excluding hydrogens is 324 g/mol. The molecule has 4 rings (SSSR count). The molecule has 0 bridgehead atoms. The van der Waals surface area contributed by atoms with Crippen LogP contribution in [0.4, 0.5) is 0 Å². The summed E-state index contributed by atoms with van der Waals surface area (Å²) in [5.74, 6) is 6.38. The summed E-state index contributed by atoms with van der Waals surface area (Å²) in [6.45, 7) is 12.3. The van der Waals surface area contributed by atoms with Crippen molar-refractivity contribution < 1.29 is 0 Å². The topological polar surface area (TPSA) is 0 Å². The van der Waals surface area contributed by atoms with Gasteiger partial charge in [-0.15, -0.1) is 11.8 Å². The lowest BCUT2D eigenvalue weighted by Crippen LogP contribution is -2.19. The predicted molar refractivity (Wildman–Crippen MR) is 123 cm³/mol. The molecule has 1 aliphatic carbocycles. The molecule has 0 saturated heterocycles. The second-order valence-electron chi connectivity index (χ2n) is 6.23. The number of benzene rings is 3. The molecular formula is C27H34. The molecule has 0 spiro atoms. The van der Waals surface area contributed by atoms with Crippen LogP contribution in [-0.4, -0.2) is 0 Å². The fourth-order valence-electron chi connectivity index (χ4n) is 3.72. The minimum atomic E-state index is -0.0149. The molecule has 27 heavy (non-hydrogen) atoms. The molecule has 0 saturated carbocycles. The van der Waals surface area contributed by atoms with E-state index in [4.69, 9.17) is 0 Å². The standard InChI is InChI=1S/C22H18.2C2H6.CH4/c1-3-4-13-22(2)20-12-8-7-11-18(20)19-14-16-9-5-6-10-17(16)15-21(19)22;2*1-2;/h5-12,14-15H,13H2,1-2H3;2*1-2H3;1H4. The van der Waals surface area contributed by atoms with Gasteiger partial charge in [0.2, 0.25) is 0 Å². The number of fused-ring (bicyclic) bond motifs is 4. The zero-order valence-electron chi connectivity index (χ0n) is 17.0. The second kappa shape index (κ2) is 9.98. The highest BCUT2D eigenvalue weighted by Gasteiger charge is 2.38. The first kappa shape index (κ1) is 22.5. The van der Waals surface area contributed by atoms with Crippen molar-refractivity contribution in [2.24, 2.45) is 0 Å². The molecule has 3 aromatic carbocycles. The first-order valence-electron chi connectivity index (χ1n) is 9.77. The molecule has 142 valence electrons. The molecule has 0 aromatic heterocycles. The van der Waals surface area contributed by atoms with E-state index in [1.54, 1.807) is 0 Å². The first-order chi connectivity index (χ1) is 12.7. The summed E-state index contributed by atoms with van der Waals surface area (Å²) in [5, 5.41) is 2.62. The molecule has 1 atom stereocenters. The van der Waals surface area contributed by atoms with Crippen molar-refractivity contribution in [1.29, 1.82) is 0 Å². The molecule has 0 radical (unpaired) electrons. The van der Waals surface area contributed by atoms with Crippen LogP contribution in [0.15, 0.2) is 60.7 Å². The number of hydrogen-bond donors (Lipinski definition) is 0. The van der Waals surface area contributed by atoms with Gasteiger partial charge in [0.15, 0.2) is 0 Å². The molecule has 3 aromatic rings. The minimum absolute atomic E-state index is 0. The van der Waals surface area contributed by atoms with Gasteiger partial charge in [0.25, 0.3) is 0 Å². The zero-order chi connectivity index (χ0) is 19.2. The van der Waals surface area contributed by atoms with Crippen LogP contribution in [0.25, 0.3) is 21.9 Å². The first-order valence-corrected chi connectivity index (χ1v) is 9.77. The van der Waals surface area contributed by atoms with Crippen LogP contribution in [0, 0.1) is 11.8 Å². The van der Waals surface area contributed by atoms with Gasteiger partial charge in [0, 0.05) is 11.8 Å². The lowest BCUT2D eigenvalue weighted by atomic mass is 9.77. The van der Waals surface area contributed by atoms with Crippen molar-refractivity contribution in [2.45, 2.75) is 60.8 Å². The van der Waals surface area contributed by atoms with Crippen molar-refractivity contribution in [3.8, 4) is 23.0 Å². The minimum Gasteiger partial charge on any atom is -0.107 e. The van der Waals surface area contributed by atoms with E-state index in [1.807, 2.05) is 34.6 Å². The average molecular weight is 359 g/mol. The van der Waals surface area contributed by atoms with E-state index < -0.39 is 0 Å². The number of hydrogen-bond acceptors (Lipinski definition) is 0. The lowest BCUT2D eigenvalue weighted by Gasteiger charge is -2.25. The zero-order valence-corrected chi connectivity index (χ0v) is 17.0.